The molecule has 1 aliphatic rings. The fourth-order valence-corrected chi connectivity index (χ4v) is 3.49. The molecule has 2 heterocycles. The molecule has 1 fully saturated rings. The molecular weight excluding hydrogens is 343 g/mol. The first kappa shape index (κ1) is 16.2. The van der Waals surface area contributed by atoms with Gasteiger partial charge in [-0.15, -0.1) is 5.10 Å². The highest BCUT2D eigenvalue weighted by atomic mass is 35.5. The molecule has 1 N–H and O–H groups in total. The predicted molar refractivity (Wildman–Crippen MR) is 94.2 cm³/mol. The number of aromatic nitrogens is 5. The number of rotatable bonds is 4. The maximum atomic E-state index is 14.1. The predicted octanol–water partition coefficient (Wildman–Crippen LogP) is 3.73. The van der Waals surface area contributed by atoms with Crippen LogP contribution in [0.1, 0.15) is 37.1 Å². The number of anilines is 1. The van der Waals surface area contributed by atoms with Crippen LogP contribution in [0.15, 0.2) is 18.2 Å². The summed E-state index contributed by atoms with van der Waals surface area (Å²) in [7, 11) is 0. The zero-order valence-corrected chi connectivity index (χ0v) is 14.6. The lowest BCUT2D eigenvalue weighted by Crippen LogP contribution is -2.16. The maximum absolute atomic E-state index is 14.1. The quantitative estimate of drug-likeness (QED) is 0.767. The van der Waals surface area contributed by atoms with Crippen molar-refractivity contribution in [3.05, 3.63) is 40.4 Å². The van der Waals surface area contributed by atoms with E-state index in [1.165, 1.54) is 18.9 Å². The number of aryl methyl sites for hydroxylation is 1. The number of fused-ring (bicyclic) bond motifs is 1. The van der Waals surface area contributed by atoms with Crippen LogP contribution in [0.5, 0.6) is 0 Å². The Balaban J connectivity index is 1.72. The normalized spacial score (nSPS) is 15.2. The molecule has 1 aliphatic carbocycles. The topological polar surface area (TPSA) is 68.5 Å². The zero-order chi connectivity index (χ0) is 17.4. The smallest absolute Gasteiger partial charge is 0.184 e. The average Bonchev–Trinajstić information content (AvgIpc) is 3.21. The van der Waals surface area contributed by atoms with Crippen LogP contribution in [-0.4, -0.2) is 31.0 Å². The summed E-state index contributed by atoms with van der Waals surface area (Å²) in [6, 6.07) is 5.03. The first-order valence-electron chi connectivity index (χ1n) is 8.39. The second-order valence-electron chi connectivity index (χ2n) is 6.36. The Kier molecular flexibility index (Phi) is 4.25. The van der Waals surface area contributed by atoms with Gasteiger partial charge >= 0.3 is 0 Å². The van der Waals surface area contributed by atoms with Crippen molar-refractivity contribution in [3.63, 3.8) is 0 Å². The van der Waals surface area contributed by atoms with Gasteiger partial charge in [0.25, 0.3) is 0 Å². The fourth-order valence-electron chi connectivity index (χ4n) is 3.27. The summed E-state index contributed by atoms with van der Waals surface area (Å²) in [6.07, 6.45) is 4.71. The summed E-state index contributed by atoms with van der Waals surface area (Å²) >= 11 is 6.13. The first-order valence-corrected chi connectivity index (χ1v) is 8.77. The van der Waals surface area contributed by atoms with E-state index in [-0.39, 0.29) is 12.4 Å². The summed E-state index contributed by atoms with van der Waals surface area (Å²) in [4.78, 5) is 8.93. The van der Waals surface area contributed by atoms with Crippen molar-refractivity contribution in [2.24, 2.45) is 0 Å². The molecule has 0 radical (unpaired) electrons. The molecule has 0 amide bonds. The van der Waals surface area contributed by atoms with Gasteiger partial charge in [0, 0.05) is 16.6 Å². The minimum Gasteiger partial charge on any atom is -0.365 e. The van der Waals surface area contributed by atoms with E-state index in [9.17, 15) is 4.39 Å². The van der Waals surface area contributed by atoms with E-state index >= 15 is 0 Å². The van der Waals surface area contributed by atoms with Gasteiger partial charge in [-0.05, 0) is 31.9 Å². The molecule has 2 aromatic heterocycles. The van der Waals surface area contributed by atoms with Crippen molar-refractivity contribution in [1.82, 2.24) is 25.0 Å². The van der Waals surface area contributed by atoms with Crippen LogP contribution in [0.4, 0.5) is 10.2 Å². The molecule has 0 unspecified atom stereocenters. The lowest BCUT2D eigenvalue weighted by molar-refractivity contribution is 0.582. The Bertz CT molecular complexity index is 899. The van der Waals surface area contributed by atoms with Crippen LogP contribution in [0.3, 0.4) is 0 Å². The van der Waals surface area contributed by atoms with E-state index in [1.807, 2.05) is 6.92 Å². The van der Waals surface area contributed by atoms with Gasteiger partial charge < -0.3 is 5.32 Å². The van der Waals surface area contributed by atoms with Crippen molar-refractivity contribution < 1.29 is 4.39 Å². The van der Waals surface area contributed by atoms with Crippen LogP contribution >= 0.6 is 11.6 Å². The van der Waals surface area contributed by atoms with Gasteiger partial charge in [0.05, 0.1) is 6.54 Å². The van der Waals surface area contributed by atoms with Gasteiger partial charge in [-0.1, -0.05) is 35.7 Å². The van der Waals surface area contributed by atoms with E-state index in [2.05, 4.69) is 25.6 Å². The highest BCUT2D eigenvalue weighted by molar-refractivity contribution is 6.31. The van der Waals surface area contributed by atoms with Gasteiger partial charge in [-0.3, -0.25) is 0 Å². The third kappa shape index (κ3) is 3.16. The van der Waals surface area contributed by atoms with Crippen LogP contribution in [0.25, 0.3) is 11.2 Å². The summed E-state index contributed by atoms with van der Waals surface area (Å²) < 4.78 is 15.6. The van der Waals surface area contributed by atoms with Crippen LogP contribution in [0, 0.1) is 12.7 Å². The summed E-state index contributed by atoms with van der Waals surface area (Å²) in [5, 5.41) is 12.2. The molecule has 6 nitrogen and oxygen atoms in total. The fraction of sp³-hybridized carbons (Fsp3) is 0.412. The molecule has 1 saturated carbocycles. The molecule has 3 aromatic rings. The van der Waals surface area contributed by atoms with Crippen LogP contribution in [-0.2, 0) is 6.54 Å². The van der Waals surface area contributed by atoms with Gasteiger partial charge in [-0.2, -0.15) is 0 Å². The minimum absolute atomic E-state index is 0.168. The molecule has 25 heavy (non-hydrogen) atoms. The van der Waals surface area contributed by atoms with E-state index in [0.717, 1.165) is 12.8 Å². The highest BCUT2D eigenvalue weighted by Crippen LogP contribution is 2.26. The van der Waals surface area contributed by atoms with Crippen LogP contribution < -0.4 is 5.32 Å². The van der Waals surface area contributed by atoms with Crippen molar-refractivity contribution in [3.8, 4) is 0 Å². The van der Waals surface area contributed by atoms with Gasteiger partial charge in [0.1, 0.15) is 11.6 Å². The maximum Gasteiger partial charge on any atom is 0.184 e. The van der Waals surface area contributed by atoms with E-state index in [4.69, 9.17) is 11.6 Å². The molecule has 0 aliphatic heterocycles. The van der Waals surface area contributed by atoms with E-state index in [0.29, 0.717) is 39.4 Å². The molecule has 0 bridgehead atoms. The summed E-state index contributed by atoms with van der Waals surface area (Å²) in [5.74, 6) is 0.947. The Morgan fingerprint density at radius 3 is 2.84 bits per heavy atom. The van der Waals surface area contributed by atoms with Crippen molar-refractivity contribution >= 4 is 28.6 Å². The summed E-state index contributed by atoms with van der Waals surface area (Å²) in [5.41, 5.74) is 1.55. The largest absolute Gasteiger partial charge is 0.365 e. The Morgan fingerprint density at radius 2 is 2.08 bits per heavy atom. The second kappa shape index (κ2) is 6.55. The number of hydrogen-bond donors (Lipinski definition) is 1. The Hall–Kier alpha value is -2.28. The number of nitrogens with zero attached hydrogens (tertiary/aromatic N) is 5. The van der Waals surface area contributed by atoms with Gasteiger partial charge in [0.2, 0.25) is 0 Å². The molecular formula is C17H18ClFN6. The molecule has 0 spiro atoms. The van der Waals surface area contributed by atoms with E-state index < -0.39 is 0 Å². The third-order valence-electron chi connectivity index (χ3n) is 4.54. The number of halogens is 2. The average molecular weight is 361 g/mol. The molecule has 0 atom stereocenters. The van der Waals surface area contributed by atoms with Crippen molar-refractivity contribution in [2.45, 2.75) is 45.2 Å². The third-order valence-corrected chi connectivity index (χ3v) is 4.89. The Labute approximate surface area is 149 Å². The molecule has 8 heteroatoms. The number of benzene rings is 1. The minimum atomic E-state index is -0.369. The first-order chi connectivity index (χ1) is 12.1. The highest BCUT2D eigenvalue weighted by Gasteiger charge is 2.20. The standard InChI is InChI=1S/C17H18ClFN6/c1-10-20-16(22-11-5-2-3-6-11)15-17(21-10)25(24-23-15)9-12-13(18)7-4-8-14(12)19/h4,7-8,11H,2-3,5-6,9H2,1H3,(H,20,21,22). The molecule has 0 saturated heterocycles. The van der Waals surface area contributed by atoms with E-state index in [1.54, 1.807) is 16.8 Å². The number of nitrogens with one attached hydrogen (secondary N) is 1. The molecule has 4 rings (SSSR count). The lowest BCUT2D eigenvalue weighted by Gasteiger charge is -2.13. The number of hydrogen-bond acceptors (Lipinski definition) is 5. The van der Waals surface area contributed by atoms with Gasteiger partial charge in [0.15, 0.2) is 17.0 Å². The van der Waals surface area contributed by atoms with Crippen LogP contribution in [0.2, 0.25) is 5.02 Å². The zero-order valence-electron chi connectivity index (χ0n) is 13.8. The Morgan fingerprint density at radius 1 is 1.28 bits per heavy atom. The van der Waals surface area contributed by atoms with Crippen molar-refractivity contribution in [1.29, 1.82) is 0 Å². The van der Waals surface area contributed by atoms with Crippen molar-refractivity contribution in [2.75, 3.05) is 5.32 Å². The molecule has 130 valence electrons. The van der Waals surface area contributed by atoms with Gasteiger partial charge in [-0.25, -0.2) is 19.0 Å². The second-order valence-corrected chi connectivity index (χ2v) is 6.77. The lowest BCUT2D eigenvalue weighted by atomic mass is 10.2. The molecule has 1 aromatic carbocycles. The summed E-state index contributed by atoms with van der Waals surface area (Å²) in [6.45, 7) is 1.99. The SMILES string of the molecule is Cc1nc(NC2CCCC2)c2nnn(Cc3c(F)cccc3Cl)c2n1. The monoisotopic (exact) mass is 360 g/mol.